The molecule has 208 valence electrons. The zero-order valence-electron chi connectivity index (χ0n) is 20.1. The van der Waals surface area contributed by atoms with E-state index in [4.69, 9.17) is 58.0 Å². The normalized spacial score (nSPS) is 17.1. The van der Waals surface area contributed by atoms with Crippen LogP contribution in [0.15, 0.2) is 61.2 Å². The van der Waals surface area contributed by atoms with Crippen molar-refractivity contribution in [1.29, 1.82) is 0 Å². The smallest absolute Gasteiger partial charge is 0.257 e. The van der Waals surface area contributed by atoms with Crippen molar-refractivity contribution >= 4 is 92.8 Å². The minimum atomic E-state index is -1.41. The largest absolute Gasteiger partial charge is 0.326 e. The lowest BCUT2D eigenvalue weighted by atomic mass is 10.1. The average molecular weight is 648 g/mol. The first-order chi connectivity index (χ1) is 18.8. The summed E-state index contributed by atoms with van der Waals surface area (Å²) in [5.41, 5.74) is -0.469. The van der Waals surface area contributed by atoms with Crippen LogP contribution in [-0.2, 0) is 9.59 Å². The molecule has 40 heavy (non-hydrogen) atoms. The number of carbonyl (C=O) groups excluding carboxylic acids is 3. The first kappa shape index (κ1) is 30.1. The van der Waals surface area contributed by atoms with Gasteiger partial charge in [-0.2, -0.15) is 0 Å². The Hall–Kier alpha value is -2.88. The molecule has 0 bridgehead atoms. The number of carbonyl (C=O) groups is 3. The predicted octanol–water partition coefficient (Wildman–Crippen LogP) is 8.22. The van der Waals surface area contributed by atoms with Crippen molar-refractivity contribution in [2.45, 2.75) is 16.7 Å². The SMILES string of the molecule is C=CCC(=O)Nc1c(F)ccc(NC(=O)c2cc(NC(=O)C3[C@H](c4ccc(Cl)c(Cl)c4)C3(Cl)Cl)ccc2Cl)c1F. The Bertz CT molecular complexity index is 1550. The predicted molar refractivity (Wildman–Crippen MR) is 155 cm³/mol. The van der Waals surface area contributed by atoms with Crippen molar-refractivity contribution in [3.63, 3.8) is 0 Å². The Morgan fingerprint density at radius 2 is 1.60 bits per heavy atom. The van der Waals surface area contributed by atoms with Crippen LogP contribution in [0, 0.1) is 17.6 Å². The zero-order valence-corrected chi connectivity index (χ0v) is 23.9. The molecule has 1 unspecified atom stereocenters. The number of rotatable bonds is 8. The zero-order chi connectivity index (χ0) is 29.4. The molecule has 0 spiro atoms. The van der Waals surface area contributed by atoms with E-state index in [0.29, 0.717) is 10.6 Å². The van der Waals surface area contributed by atoms with Crippen molar-refractivity contribution in [3.8, 4) is 0 Å². The molecule has 3 aromatic carbocycles. The van der Waals surface area contributed by atoms with Crippen molar-refractivity contribution < 1.29 is 23.2 Å². The Morgan fingerprint density at radius 1 is 0.900 bits per heavy atom. The highest BCUT2D eigenvalue weighted by atomic mass is 35.5. The molecule has 3 aromatic rings. The van der Waals surface area contributed by atoms with E-state index in [-0.39, 0.29) is 27.7 Å². The van der Waals surface area contributed by atoms with Crippen molar-refractivity contribution in [3.05, 3.63) is 99.0 Å². The van der Waals surface area contributed by atoms with Crippen molar-refractivity contribution in [2.24, 2.45) is 5.92 Å². The minimum Gasteiger partial charge on any atom is -0.326 e. The standard InChI is InChI=1S/C27H18Cl5F2N3O3/c1-2-3-20(38)37-24-18(33)8-9-19(23(24)34)36-25(39)14-11-13(5-7-15(14)28)35-26(40)22-21(27(22,31)32)12-4-6-16(29)17(30)10-12/h2,4-11,21-22H,1,3H2,(H,35,40)(H,36,39)(H,37,38)/t21-,22?/m0/s1. The summed E-state index contributed by atoms with van der Waals surface area (Å²) in [7, 11) is 0. The molecule has 1 aliphatic carbocycles. The lowest BCUT2D eigenvalue weighted by molar-refractivity contribution is -0.117. The number of hydrogen-bond donors (Lipinski definition) is 3. The van der Waals surface area contributed by atoms with E-state index >= 15 is 0 Å². The van der Waals surface area contributed by atoms with Crippen molar-refractivity contribution in [2.75, 3.05) is 16.0 Å². The van der Waals surface area contributed by atoms with Gasteiger partial charge in [0.25, 0.3) is 5.91 Å². The highest BCUT2D eigenvalue weighted by molar-refractivity contribution is 6.53. The number of hydrogen-bond acceptors (Lipinski definition) is 3. The lowest BCUT2D eigenvalue weighted by Gasteiger charge is -2.13. The third-order valence-electron chi connectivity index (χ3n) is 6.05. The third-order valence-corrected chi connectivity index (χ3v) is 8.06. The van der Waals surface area contributed by atoms with E-state index in [2.05, 4.69) is 22.5 Å². The topological polar surface area (TPSA) is 87.3 Å². The third kappa shape index (κ3) is 6.21. The van der Waals surface area contributed by atoms with Crippen LogP contribution in [0.25, 0.3) is 0 Å². The van der Waals surface area contributed by atoms with Crippen LogP contribution in [0.5, 0.6) is 0 Å². The van der Waals surface area contributed by atoms with Gasteiger partial charge in [-0.1, -0.05) is 46.9 Å². The van der Waals surface area contributed by atoms with E-state index in [9.17, 15) is 23.2 Å². The van der Waals surface area contributed by atoms with Crippen LogP contribution < -0.4 is 16.0 Å². The molecule has 0 saturated heterocycles. The summed E-state index contributed by atoms with van der Waals surface area (Å²) in [4.78, 5) is 37.8. The number of halogens is 7. The van der Waals surface area contributed by atoms with E-state index in [1.807, 2.05) is 0 Å². The van der Waals surface area contributed by atoms with E-state index in [0.717, 1.165) is 12.1 Å². The number of anilines is 3. The fraction of sp³-hybridized carbons (Fsp3) is 0.148. The van der Waals surface area contributed by atoms with Gasteiger partial charge < -0.3 is 16.0 Å². The molecule has 3 amide bonds. The van der Waals surface area contributed by atoms with Gasteiger partial charge in [-0.3, -0.25) is 14.4 Å². The molecular weight excluding hydrogens is 630 g/mol. The number of alkyl halides is 2. The number of nitrogens with one attached hydrogen (secondary N) is 3. The molecule has 4 rings (SSSR count). The number of amides is 3. The second-order valence-corrected chi connectivity index (χ2v) is 11.4. The molecule has 3 N–H and O–H groups in total. The second-order valence-electron chi connectivity index (χ2n) is 8.77. The van der Waals surface area contributed by atoms with Gasteiger partial charge in [-0.25, -0.2) is 8.78 Å². The summed E-state index contributed by atoms with van der Waals surface area (Å²) in [6, 6.07) is 10.8. The molecule has 0 aliphatic heterocycles. The molecule has 0 aromatic heterocycles. The quantitative estimate of drug-likeness (QED) is 0.170. The summed E-state index contributed by atoms with van der Waals surface area (Å²) in [6.45, 7) is 3.39. The molecule has 13 heteroatoms. The summed E-state index contributed by atoms with van der Waals surface area (Å²) in [6.07, 6.45) is 1.09. The highest BCUT2D eigenvalue weighted by Crippen LogP contribution is 2.65. The highest BCUT2D eigenvalue weighted by Gasteiger charge is 2.67. The summed E-state index contributed by atoms with van der Waals surface area (Å²) in [5.74, 6) is -5.73. The molecule has 0 radical (unpaired) electrons. The summed E-state index contributed by atoms with van der Waals surface area (Å²) >= 11 is 31.0. The van der Waals surface area contributed by atoms with Gasteiger partial charge >= 0.3 is 0 Å². The van der Waals surface area contributed by atoms with Crippen LogP contribution in [0.2, 0.25) is 15.1 Å². The van der Waals surface area contributed by atoms with E-state index < -0.39 is 56.9 Å². The number of benzene rings is 3. The van der Waals surface area contributed by atoms with Gasteiger partial charge in [0.15, 0.2) is 5.82 Å². The molecular formula is C27H18Cl5F2N3O3. The van der Waals surface area contributed by atoms with Crippen LogP contribution in [0.1, 0.15) is 28.3 Å². The van der Waals surface area contributed by atoms with Crippen LogP contribution >= 0.6 is 58.0 Å². The molecule has 6 nitrogen and oxygen atoms in total. The van der Waals surface area contributed by atoms with Gasteiger partial charge in [-0.05, 0) is 48.0 Å². The molecule has 1 aliphatic rings. The van der Waals surface area contributed by atoms with Gasteiger partial charge in [0, 0.05) is 18.0 Å². The maximum Gasteiger partial charge on any atom is 0.257 e. The van der Waals surface area contributed by atoms with Gasteiger partial charge in [0.2, 0.25) is 11.8 Å². The fourth-order valence-electron chi connectivity index (χ4n) is 4.05. The first-order valence-corrected chi connectivity index (χ1v) is 13.4. The Morgan fingerprint density at radius 3 is 2.27 bits per heavy atom. The maximum absolute atomic E-state index is 14.9. The molecule has 0 heterocycles. The minimum absolute atomic E-state index is 0.0123. The Kier molecular flexibility index (Phi) is 8.97. The van der Waals surface area contributed by atoms with Gasteiger partial charge in [0.1, 0.15) is 15.8 Å². The van der Waals surface area contributed by atoms with E-state index in [1.165, 1.54) is 24.3 Å². The first-order valence-electron chi connectivity index (χ1n) is 11.5. The summed E-state index contributed by atoms with van der Waals surface area (Å²) in [5, 5.41) is 7.65. The molecule has 1 fully saturated rings. The summed E-state index contributed by atoms with van der Waals surface area (Å²) < 4.78 is 27.7. The average Bonchev–Trinajstić information content (AvgIpc) is 3.48. The second kappa shape index (κ2) is 11.9. The van der Waals surface area contributed by atoms with Crippen molar-refractivity contribution in [1.82, 2.24) is 0 Å². The Labute approximate surface area is 252 Å². The van der Waals surface area contributed by atoms with Crippen LogP contribution in [0.3, 0.4) is 0 Å². The van der Waals surface area contributed by atoms with Crippen LogP contribution in [0.4, 0.5) is 25.8 Å². The Balaban J connectivity index is 1.51. The van der Waals surface area contributed by atoms with Crippen LogP contribution in [-0.4, -0.2) is 22.1 Å². The fourth-order valence-corrected chi connectivity index (χ4v) is 5.38. The lowest BCUT2D eigenvalue weighted by Crippen LogP contribution is -2.19. The molecule has 1 saturated carbocycles. The monoisotopic (exact) mass is 645 g/mol. The molecule has 2 atom stereocenters. The maximum atomic E-state index is 14.9. The van der Waals surface area contributed by atoms with Gasteiger partial charge in [0.05, 0.1) is 32.2 Å². The van der Waals surface area contributed by atoms with E-state index in [1.54, 1.807) is 18.2 Å². The van der Waals surface area contributed by atoms with Gasteiger partial charge in [-0.15, -0.1) is 29.8 Å².